The number of halogens is 1. The fourth-order valence-electron chi connectivity index (χ4n) is 2.02. The minimum atomic E-state index is -3.79. The van der Waals surface area contributed by atoms with Crippen molar-refractivity contribution in [3.8, 4) is 0 Å². The second-order valence-electron chi connectivity index (χ2n) is 5.29. The molecule has 0 aliphatic rings. The van der Waals surface area contributed by atoms with Crippen molar-refractivity contribution in [2.75, 3.05) is 11.9 Å². The second kappa shape index (κ2) is 8.24. The van der Waals surface area contributed by atoms with E-state index in [9.17, 15) is 18.0 Å². The first kappa shape index (κ1) is 19.1. The first-order valence-electron chi connectivity index (χ1n) is 7.44. The monoisotopic (exact) mass is 380 g/mol. The molecule has 0 aliphatic heterocycles. The highest BCUT2D eigenvalue weighted by atomic mass is 35.5. The Morgan fingerprint density at radius 1 is 1.08 bits per heavy atom. The van der Waals surface area contributed by atoms with Crippen molar-refractivity contribution < 1.29 is 18.0 Å². The van der Waals surface area contributed by atoms with Crippen LogP contribution in [0.1, 0.15) is 23.7 Å². The maximum Gasteiger partial charge on any atom is 0.240 e. The first-order valence-corrected chi connectivity index (χ1v) is 9.30. The van der Waals surface area contributed by atoms with Crippen molar-refractivity contribution in [2.45, 2.75) is 18.2 Å². The molecule has 0 radical (unpaired) electrons. The molecule has 132 valence electrons. The lowest BCUT2D eigenvalue weighted by Gasteiger charge is -2.08. The lowest BCUT2D eigenvalue weighted by molar-refractivity contribution is -0.116. The van der Waals surface area contributed by atoms with E-state index in [1.165, 1.54) is 25.1 Å². The summed E-state index contributed by atoms with van der Waals surface area (Å²) in [6.45, 7) is 1.30. The number of carbonyl (C=O) groups excluding carboxylic acids is 2. The Balaban J connectivity index is 1.91. The van der Waals surface area contributed by atoms with Crippen molar-refractivity contribution in [1.82, 2.24) is 4.72 Å². The molecule has 1 amide bonds. The van der Waals surface area contributed by atoms with E-state index in [-0.39, 0.29) is 29.6 Å². The van der Waals surface area contributed by atoms with Crippen molar-refractivity contribution in [2.24, 2.45) is 0 Å². The molecule has 0 heterocycles. The van der Waals surface area contributed by atoms with Crippen LogP contribution in [-0.2, 0) is 14.8 Å². The van der Waals surface area contributed by atoms with Crippen LogP contribution < -0.4 is 10.0 Å². The molecule has 0 saturated carbocycles. The van der Waals surface area contributed by atoms with E-state index in [0.717, 1.165) is 0 Å². The average molecular weight is 381 g/mol. The Labute approximate surface area is 151 Å². The lowest BCUT2D eigenvalue weighted by atomic mass is 10.2. The summed E-state index contributed by atoms with van der Waals surface area (Å²) >= 11 is 5.76. The van der Waals surface area contributed by atoms with E-state index >= 15 is 0 Å². The van der Waals surface area contributed by atoms with Gasteiger partial charge in [-0.05, 0) is 43.3 Å². The number of ketones is 1. The van der Waals surface area contributed by atoms with Gasteiger partial charge in [0.05, 0.1) is 4.90 Å². The quantitative estimate of drug-likeness (QED) is 0.722. The molecule has 0 aromatic heterocycles. The predicted molar refractivity (Wildman–Crippen MR) is 96.3 cm³/mol. The van der Waals surface area contributed by atoms with Gasteiger partial charge in [-0.15, -0.1) is 0 Å². The molecule has 0 spiro atoms. The summed E-state index contributed by atoms with van der Waals surface area (Å²) in [5.74, 6) is -0.554. The number of benzene rings is 2. The summed E-state index contributed by atoms with van der Waals surface area (Å²) in [6, 6.07) is 12.3. The normalized spacial score (nSPS) is 11.1. The number of Topliss-reactive ketones (excluding diaryl/α,β-unsaturated/α-hetero) is 1. The molecule has 2 rings (SSSR count). The van der Waals surface area contributed by atoms with Crippen molar-refractivity contribution in [3.05, 3.63) is 59.1 Å². The highest BCUT2D eigenvalue weighted by Gasteiger charge is 2.15. The Morgan fingerprint density at radius 3 is 2.40 bits per heavy atom. The topological polar surface area (TPSA) is 92.3 Å². The van der Waals surface area contributed by atoms with Crippen molar-refractivity contribution in [3.63, 3.8) is 0 Å². The molecular formula is C17H17ClN2O4S. The number of sulfonamides is 1. The molecule has 0 bridgehead atoms. The summed E-state index contributed by atoms with van der Waals surface area (Å²) in [6.07, 6.45) is -0.0335. The standard InChI is InChI=1S/C17H17ClN2O4S/c1-12(21)13-3-2-4-16(11-13)25(23,24)19-10-9-17(22)20-15-7-5-14(18)6-8-15/h2-8,11,19H,9-10H2,1H3,(H,20,22). The molecule has 2 aromatic rings. The van der Waals surface area contributed by atoms with Gasteiger partial charge in [0.25, 0.3) is 0 Å². The number of anilines is 1. The highest BCUT2D eigenvalue weighted by molar-refractivity contribution is 7.89. The Bertz CT molecular complexity index is 880. The minimum Gasteiger partial charge on any atom is -0.326 e. The van der Waals surface area contributed by atoms with E-state index < -0.39 is 10.0 Å². The number of carbonyl (C=O) groups is 2. The van der Waals surface area contributed by atoms with Crippen LogP contribution in [0.4, 0.5) is 5.69 Å². The van der Waals surface area contributed by atoms with Gasteiger partial charge in [-0.2, -0.15) is 0 Å². The molecule has 0 aliphatic carbocycles. The Kier molecular flexibility index (Phi) is 6.30. The zero-order chi connectivity index (χ0) is 18.4. The van der Waals surface area contributed by atoms with Gasteiger partial charge >= 0.3 is 0 Å². The van der Waals surface area contributed by atoms with Crippen molar-refractivity contribution >= 4 is 39.0 Å². The smallest absolute Gasteiger partial charge is 0.240 e. The number of amides is 1. The van der Waals surface area contributed by atoms with E-state index in [1.807, 2.05) is 0 Å². The van der Waals surface area contributed by atoms with Crippen molar-refractivity contribution in [1.29, 1.82) is 0 Å². The van der Waals surface area contributed by atoms with Crippen LogP contribution in [0.2, 0.25) is 5.02 Å². The van der Waals surface area contributed by atoms with Gasteiger partial charge in [0.1, 0.15) is 0 Å². The van der Waals surface area contributed by atoms with E-state index in [2.05, 4.69) is 10.0 Å². The van der Waals surface area contributed by atoms with Crippen LogP contribution in [0, 0.1) is 0 Å². The van der Waals surface area contributed by atoms with Gasteiger partial charge in [0.2, 0.25) is 15.9 Å². The fraction of sp³-hybridized carbons (Fsp3) is 0.176. The molecule has 0 saturated heterocycles. The van der Waals surface area contributed by atoms with Gasteiger partial charge < -0.3 is 5.32 Å². The van der Waals surface area contributed by atoms with E-state index in [1.54, 1.807) is 30.3 Å². The van der Waals surface area contributed by atoms with Crippen LogP contribution in [-0.4, -0.2) is 26.7 Å². The summed E-state index contributed by atoms with van der Waals surface area (Å²) < 4.78 is 26.8. The van der Waals surface area contributed by atoms with Crippen LogP contribution in [0.5, 0.6) is 0 Å². The largest absolute Gasteiger partial charge is 0.326 e. The number of hydrogen-bond donors (Lipinski definition) is 2. The molecule has 0 fully saturated rings. The molecule has 2 aromatic carbocycles. The van der Waals surface area contributed by atoms with Gasteiger partial charge in [-0.25, -0.2) is 13.1 Å². The van der Waals surface area contributed by atoms with Crippen LogP contribution in [0.3, 0.4) is 0 Å². The second-order valence-corrected chi connectivity index (χ2v) is 7.49. The fourth-order valence-corrected chi connectivity index (χ4v) is 3.22. The molecule has 6 nitrogen and oxygen atoms in total. The summed E-state index contributed by atoms with van der Waals surface area (Å²) in [5.41, 5.74) is 0.884. The zero-order valence-electron chi connectivity index (χ0n) is 13.5. The number of rotatable bonds is 7. The number of nitrogens with one attached hydrogen (secondary N) is 2. The third-order valence-corrected chi connectivity index (χ3v) is 5.03. The summed E-state index contributed by atoms with van der Waals surface area (Å²) in [4.78, 5) is 23.2. The van der Waals surface area contributed by atoms with Crippen LogP contribution in [0.25, 0.3) is 0 Å². The van der Waals surface area contributed by atoms with E-state index in [0.29, 0.717) is 16.3 Å². The maximum absolute atomic E-state index is 12.2. The lowest BCUT2D eigenvalue weighted by Crippen LogP contribution is -2.28. The minimum absolute atomic E-state index is 0.0155. The SMILES string of the molecule is CC(=O)c1cccc(S(=O)(=O)NCCC(=O)Nc2ccc(Cl)cc2)c1. The molecule has 0 atom stereocenters. The molecular weight excluding hydrogens is 364 g/mol. The molecule has 8 heteroatoms. The summed E-state index contributed by atoms with van der Waals surface area (Å²) in [5, 5.41) is 3.20. The molecule has 0 unspecified atom stereocenters. The van der Waals surface area contributed by atoms with Crippen LogP contribution >= 0.6 is 11.6 Å². The first-order chi connectivity index (χ1) is 11.8. The predicted octanol–water partition coefficient (Wildman–Crippen LogP) is 2.85. The maximum atomic E-state index is 12.2. The zero-order valence-corrected chi connectivity index (χ0v) is 15.0. The third kappa shape index (κ3) is 5.67. The molecule has 2 N–H and O–H groups in total. The highest BCUT2D eigenvalue weighted by Crippen LogP contribution is 2.14. The van der Waals surface area contributed by atoms with E-state index in [4.69, 9.17) is 11.6 Å². The Hall–Kier alpha value is -2.22. The average Bonchev–Trinajstić information content (AvgIpc) is 2.57. The van der Waals surface area contributed by atoms with Gasteiger partial charge in [-0.1, -0.05) is 23.7 Å². The van der Waals surface area contributed by atoms with Gasteiger partial charge in [-0.3, -0.25) is 9.59 Å². The third-order valence-electron chi connectivity index (χ3n) is 3.32. The van der Waals surface area contributed by atoms with Gasteiger partial charge in [0, 0.05) is 29.2 Å². The van der Waals surface area contributed by atoms with Gasteiger partial charge in [0.15, 0.2) is 5.78 Å². The summed E-state index contributed by atoms with van der Waals surface area (Å²) in [7, 11) is -3.79. The number of hydrogen-bond acceptors (Lipinski definition) is 4. The molecule has 25 heavy (non-hydrogen) atoms. The Morgan fingerprint density at radius 2 is 1.76 bits per heavy atom. The van der Waals surface area contributed by atoms with Crippen LogP contribution in [0.15, 0.2) is 53.4 Å².